The Kier molecular flexibility index (Phi) is 2.83. The maximum Gasteiger partial charge on any atom is 0.323 e. The van der Waals surface area contributed by atoms with Crippen LogP contribution in [0.25, 0.3) is 11.0 Å². The number of carbonyl (C=O) groups is 1. The van der Waals surface area contributed by atoms with Crippen LogP contribution >= 0.6 is 0 Å². The molecule has 0 atom stereocenters. The Morgan fingerprint density at radius 2 is 1.95 bits per heavy atom. The summed E-state index contributed by atoms with van der Waals surface area (Å²) < 4.78 is 0. The Labute approximate surface area is 114 Å². The van der Waals surface area contributed by atoms with E-state index in [0.29, 0.717) is 29.6 Å². The molecule has 1 amide bonds. The SMILES string of the molecule is N#CC1(C(=O)Nc2ccc3[nH]c(=O)[nH]c3c2)CCCC1. The normalized spacial score (nSPS) is 16.9. The monoisotopic (exact) mass is 270 g/mol. The van der Waals surface area contributed by atoms with Crippen molar-refractivity contribution in [2.75, 3.05) is 5.32 Å². The van der Waals surface area contributed by atoms with Gasteiger partial charge in [-0.05, 0) is 31.0 Å². The standard InChI is InChI=1S/C14H14N4O2/c15-8-14(5-1-2-6-14)12(19)16-9-3-4-10-11(7-9)18-13(20)17-10/h3-4,7H,1-2,5-6H2,(H,16,19)(H2,17,18,20). The minimum Gasteiger partial charge on any atom is -0.325 e. The molecule has 102 valence electrons. The Morgan fingerprint density at radius 3 is 2.65 bits per heavy atom. The first-order valence-electron chi connectivity index (χ1n) is 6.58. The molecule has 0 aliphatic heterocycles. The van der Waals surface area contributed by atoms with Gasteiger partial charge in [0.05, 0.1) is 17.1 Å². The van der Waals surface area contributed by atoms with Crippen LogP contribution < -0.4 is 11.0 Å². The number of anilines is 1. The second-order valence-electron chi connectivity index (χ2n) is 5.19. The van der Waals surface area contributed by atoms with Gasteiger partial charge in [-0.3, -0.25) is 4.79 Å². The van der Waals surface area contributed by atoms with Crippen molar-refractivity contribution in [2.45, 2.75) is 25.7 Å². The summed E-state index contributed by atoms with van der Waals surface area (Å²) in [6.07, 6.45) is 3.04. The maximum absolute atomic E-state index is 12.3. The van der Waals surface area contributed by atoms with Crippen LogP contribution in [-0.2, 0) is 4.79 Å². The van der Waals surface area contributed by atoms with Gasteiger partial charge in [0.2, 0.25) is 5.91 Å². The summed E-state index contributed by atoms with van der Waals surface area (Å²) in [5, 5.41) is 12.1. The molecule has 1 fully saturated rings. The Hall–Kier alpha value is -2.55. The Balaban J connectivity index is 1.87. The quantitative estimate of drug-likeness (QED) is 0.776. The Morgan fingerprint density at radius 1 is 1.25 bits per heavy atom. The van der Waals surface area contributed by atoms with Crippen molar-refractivity contribution in [3.63, 3.8) is 0 Å². The molecular formula is C14H14N4O2. The van der Waals surface area contributed by atoms with Crippen molar-refractivity contribution < 1.29 is 4.79 Å². The lowest BCUT2D eigenvalue weighted by molar-refractivity contribution is -0.122. The lowest BCUT2D eigenvalue weighted by Gasteiger charge is -2.19. The van der Waals surface area contributed by atoms with Crippen LogP contribution in [0.15, 0.2) is 23.0 Å². The van der Waals surface area contributed by atoms with Crippen molar-refractivity contribution in [1.29, 1.82) is 5.26 Å². The minimum absolute atomic E-state index is 0.255. The molecule has 0 unspecified atom stereocenters. The van der Waals surface area contributed by atoms with Gasteiger partial charge in [0.1, 0.15) is 5.41 Å². The molecule has 1 aromatic carbocycles. The van der Waals surface area contributed by atoms with E-state index in [0.717, 1.165) is 12.8 Å². The fourth-order valence-electron chi connectivity index (χ4n) is 2.73. The third kappa shape index (κ3) is 1.97. The van der Waals surface area contributed by atoms with Gasteiger partial charge in [-0.25, -0.2) is 4.79 Å². The second-order valence-corrected chi connectivity index (χ2v) is 5.19. The number of hydrogen-bond acceptors (Lipinski definition) is 3. The molecule has 0 bridgehead atoms. The maximum atomic E-state index is 12.3. The topological polar surface area (TPSA) is 102 Å². The zero-order chi connectivity index (χ0) is 14.2. The number of amides is 1. The van der Waals surface area contributed by atoms with Gasteiger partial charge in [0, 0.05) is 5.69 Å². The second kappa shape index (κ2) is 4.53. The zero-order valence-electron chi connectivity index (χ0n) is 10.8. The minimum atomic E-state index is -0.902. The van der Waals surface area contributed by atoms with E-state index in [4.69, 9.17) is 0 Å². The van der Waals surface area contributed by atoms with Crippen LogP contribution in [0.3, 0.4) is 0 Å². The summed E-state index contributed by atoms with van der Waals surface area (Å²) in [4.78, 5) is 28.8. The van der Waals surface area contributed by atoms with Crippen LogP contribution in [-0.4, -0.2) is 15.9 Å². The first-order valence-corrected chi connectivity index (χ1v) is 6.58. The summed E-state index contributed by atoms with van der Waals surface area (Å²) in [7, 11) is 0. The summed E-state index contributed by atoms with van der Waals surface area (Å²) >= 11 is 0. The van der Waals surface area contributed by atoms with Crippen molar-refractivity contribution in [3.8, 4) is 6.07 Å². The molecule has 1 aliphatic rings. The number of aromatic nitrogens is 2. The highest BCUT2D eigenvalue weighted by Gasteiger charge is 2.41. The number of nitrogens with zero attached hydrogens (tertiary/aromatic N) is 1. The molecule has 3 N–H and O–H groups in total. The number of fused-ring (bicyclic) bond motifs is 1. The highest BCUT2D eigenvalue weighted by molar-refractivity contribution is 5.98. The van der Waals surface area contributed by atoms with Gasteiger partial charge in [-0.15, -0.1) is 0 Å². The largest absolute Gasteiger partial charge is 0.325 e. The number of H-pyrrole nitrogens is 2. The molecule has 2 aromatic rings. The molecule has 1 aliphatic carbocycles. The van der Waals surface area contributed by atoms with Crippen LogP contribution in [0.4, 0.5) is 5.69 Å². The third-order valence-corrected chi connectivity index (χ3v) is 3.88. The zero-order valence-corrected chi connectivity index (χ0v) is 10.8. The number of benzene rings is 1. The van der Waals surface area contributed by atoms with Crippen LogP contribution in [0, 0.1) is 16.7 Å². The van der Waals surface area contributed by atoms with Crippen molar-refractivity contribution in [2.24, 2.45) is 5.41 Å². The number of rotatable bonds is 2. The van der Waals surface area contributed by atoms with Gasteiger partial charge in [-0.1, -0.05) is 12.8 Å². The van der Waals surface area contributed by atoms with Crippen molar-refractivity contribution in [1.82, 2.24) is 9.97 Å². The van der Waals surface area contributed by atoms with Gasteiger partial charge in [-0.2, -0.15) is 5.26 Å². The lowest BCUT2D eigenvalue weighted by atomic mass is 9.87. The van der Waals surface area contributed by atoms with Gasteiger partial charge in [0.25, 0.3) is 0 Å². The fraction of sp³-hybridized carbons (Fsp3) is 0.357. The van der Waals surface area contributed by atoms with E-state index >= 15 is 0 Å². The van der Waals surface area contributed by atoms with E-state index in [1.165, 1.54) is 0 Å². The van der Waals surface area contributed by atoms with Crippen LogP contribution in [0.5, 0.6) is 0 Å². The lowest BCUT2D eigenvalue weighted by Crippen LogP contribution is -2.32. The van der Waals surface area contributed by atoms with Crippen LogP contribution in [0.2, 0.25) is 0 Å². The van der Waals surface area contributed by atoms with Gasteiger partial charge < -0.3 is 15.3 Å². The molecule has 1 aromatic heterocycles. The first kappa shape index (κ1) is 12.5. The average Bonchev–Trinajstić information content (AvgIpc) is 3.04. The van der Waals surface area contributed by atoms with E-state index in [1.807, 2.05) is 0 Å². The number of nitrogens with one attached hydrogen (secondary N) is 3. The summed E-state index contributed by atoms with van der Waals surface area (Å²) in [5.41, 5.74) is 0.710. The van der Waals surface area contributed by atoms with Gasteiger partial charge >= 0.3 is 5.69 Å². The number of carbonyl (C=O) groups excluding carboxylic acids is 1. The number of aromatic amines is 2. The number of hydrogen-bond donors (Lipinski definition) is 3. The predicted octanol–water partition coefficient (Wildman–Crippen LogP) is 1.88. The van der Waals surface area contributed by atoms with Crippen LogP contribution in [0.1, 0.15) is 25.7 Å². The third-order valence-electron chi connectivity index (χ3n) is 3.88. The fourth-order valence-corrected chi connectivity index (χ4v) is 2.73. The average molecular weight is 270 g/mol. The van der Waals surface area contributed by atoms with E-state index in [-0.39, 0.29) is 11.6 Å². The molecule has 6 nitrogen and oxygen atoms in total. The highest BCUT2D eigenvalue weighted by atomic mass is 16.2. The molecular weight excluding hydrogens is 256 g/mol. The van der Waals surface area contributed by atoms with E-state index in [2.05, 4.69) is 21.4 Å². The molecule has 0 spiro atoms. The number of imidazole rings is 1. The molecule has 1 heterocycles. The molecule has 20 heavy (non-hydrogen) atoms. The molecule has 0 saturated heterocycles. The molecule has 6 heteroatoms. The van der Waals surface area contributed by atoms with E-state index < -0.39 is 5.41 Å². The first-order chi connectivity index (χ1) is 9.63. The highest BCUT2D eigenvalue weighted by Crippen LogP contribution is 2.38. The summed E-state index contributed by atoms with van der Waals surface area (Å²) in [6.45, 7) is 0. The smallest absolute Gasteiger partial charge is 0.323 e. The van der Waals surface area contributed by atoms with Crippen molar-refractivity contribution >= 4 is 22.6 Å². The molecule has 0 radical (unpaired) electrons. The predicted molar refractivity (Wildman–Crippen MR) is 74.1 cm³/mol. The molecule has 1 saturated carbocycles. The Bertz CT molecular complexity index is 759. The summed E-state index contributed by atoms with van der Waals surface area (Å²) in [6, 6.07) is 7.28. The van der Waals surface area contributed by atoms with Crippen molar-refractivity contribution in [3.05, 3.63) is 28.7 Å². The molecule has 3 rings (SSSR count). The van der Waals surface area contributed by atoms with E-state index in [1.54, 1.807) is 18.2 Å². The van der Waals surface area contributed by atoms with E-state index in [9.17, 15) is 14.9 Å². The van der Waals surface area contributed by atoms with Gasteiger partial charge in [0.15, 0.2) is 0 Å². The number of nitriles is 1. The summed E-state index contributed by atoms with van der Waals surface area (Å²) in [5.74, 6) is -0.255.